The first-order valence-electron chi connectivity index (χ1n) is 7.56. The van der Waals surface area contributed by atoms with Crippen molar-refractivity contribution >= 4 is 12.6 Å². The third kappa shape index (κ3) is 6.64. The van der Waals surface area contributed by atoms with Crippen molar-refractivity contribution in [2.75, 3.05) is 52.9 Å². The van der Waals surface area contributed by atoms with Crippen molar-refractivity contribution in [2.24, 2.45) is 0 Å². The Morgan fingerprint density at radius 2 is 0.955 bits per heavy atom. The molecule has 1 aromatic carbocycles. The Labute approximate surface area is 137 Å². The molecule has 0 spiro atoms. The van der Waals surface area contributed by atoms with Crippen molar-refractivity contribution in [2.45, 2.75) is 18.1 Å². The summed E-state index contributed by atoms with van der Waals surface area (Å²) in [6, 6.07) is 6.03. The van der Waals surface area contributed by atoms with E-state index in [0.29, 0.717) is 66.1 Å². The molecule has 1 aliphatic rings. The molecule has 1 heterocycles. The van der Waals surface area contributed by atoms with Gasteiger partial charge >= 0.3 is 0 Å². The smallest absolute Gasteiger partial charge is 0.0728 e. The molecule has 2 rings (SSSR count). The average molecular weight is 328 g/mol. The van der Waals surface area contributed by atoms with Crippen LogP contribution in [0.2, 0.25) is 0 Å². The van der Waals surface area contributed by atoms with Gasteiger partial charge in [0.25, 0.3) is 0 Å². The van der Waals surface area contributed by atoms with Crippen molar-refractivity contribution < 1.29 is 23.7 Å². The van der Waals surface area contributed by atoms with Crippen LogP contribution in [0.25, 0.3) is 0 Å². The minimum atomic E-state index is 0.523. The van der Waals surface area contributed by atoms with Gasteiger partial charge in [-0.3, -0.25) is 0 Å². The minimum absolute atomic E-state index is 0.523. The number of ether oxygens (including phenoxy) is 5. The highest BCUT2D eigenvalue weighted by Gasteiger charge is 2.06. The highest BCUT2D eigenvalue weighted by molar-refractivity contribution is 7.80. The van der Waals surface area contributed by atoms with E-state index in [-0.39, 0.29) is 0 Å². The largest absolute Gasteiger partial charge is 0.377 e. The predicted molar refractivity (Wildman–Crippen MR) is 85.5 cm³/mol. The van der Waals surface area contributed by atoms with Crippen LogP contribution in [0.4, 0.5) is 0 Å². The summed E-state index contributed by atoms with van der Waals surface area (Å²) >= 11 is 4.58. The van der Waals surface area contributed by atoms with Crippen LogP contribution < -0.4 is 0 Å². The van der Waals surface area contributed by atoms with Crippen LogP contribution in [0.1, 0.15) is 11.1 Å². The lowest BCUT2D eigenvalue weighted by Crippen LogP contribution is -2.13. The first-order valence-corrected chi connectivity index (χ1v) is 8.01. The maximum Gasteiger partial charge on any atom is 0.0728 e. The number of fused-ring (bicyclic) bond motifs is 2. The van der Waals surface area contributed by atoms with E-state index in [1.165, 1.54) is 0 Å². The number of thiol groups is 1. The highest BCUT2D eigenvalue weighted by Crippen LogP contribution is 2.21. The second-order valence-electron chi connectivity index (χ2n) is 4.87. The van der Waals surface area contributed by atoms with Crippen LogP contribution in [-0.2, 0) is 36.9 Å². The highest BCUT2D eigenvalue weighted by atomic mass is 32.1. The van der Waals surface area contributed by atoms with Gasteiger partial charge in [0.05, 0.1) is 66.1 Å². The van der Waals surface area contributed by atoms with E-state index in [4.69, 9.17) is 23.7 Å². The molecule has 1 aromatic rings. The molecule has 0 N–H and O–H groups in total. The van der Waals surface area contributed by atoms with Crippen LogP contribution in [-0.4, -0.2) is 52.9 Å². The molecule has 0 radical (unpaired) electrons. The Bertz CT molecular complexity index is 393. The van der Waals surface area contributed by atoms with Crippen molar-refractivity contribution in [3.05, 3.63) is 29.3 Å². The molecule has 22 heavy (non-hydrogen) atoms. The summed E-state index contributed by atoms with van der Waals surface area (Å²) < 4.78 is 27.5. The van der Waals surface area contributed by atoms with Crippen LogP contribution in [0.5, 0.6) is 0 Å². The third-order valence-corrected chi connectivity index (χ3v) is 3.78. The number of hydrogen-bond acceptors (Lipinski definition) is 6. The summed E-state index contributed by atoms with van der Waals surface area (Å²) in [5.41, 5.74) is 2.12. The molecule has 5 nitrogen and oxygen atoms in total. The Morgan fingerprint density at radius 1 is 0.591 bits per heavy atom. The van der Waals surface area contributed by atoms with Crippen LogP contribution in [0.3, 0.4) is 0 Å². The Kier molecular flexibility index (Phi) is 8.85. The van der Waals surface area contributed by atoms with Gasteiger partial charge in [-0.15, -0.1) is 12.6 Å². The molecule has 0 aliphatic carbocycles. The van der Waals surface area contributed by atoms with E-state index < -0.39 is 0 Å². The normalized spacial score (nSPS) is 20.0. The standard InChI is InChI=1S/C16H24O5S/c22-16-14-2-1-3-15(16)13-21-11-9-19-7-5-17-4-6-18-8-10-20-12-14/h1-3,22H,4-13H2. The molecule has 2 bridgehead atoms. The topological polar surface area (TPSA) is 46.2 Å². The molecular weight excluding hydrogens is 304 g/mol. The van der Waals surface area contributed by atoms with Gasteiger partial charge < -0.3 is 23.7 Å². The molecule has 6 heteroatoms. The molecule has 1 aliphatic heterocycles. The van der Waals surface area contributed by atoms with Gasteiger partial charge in [-0.2, -0.15) is 0 Å². The monoisotopic (exact) mass is 328 g/mol. The summed E-state index contributed by atoms with van der Waals surface area (Å²) in [7, 11) is 0. The molecule has 0 atom stereocenters. The molecule has 124 valence electrons. The van der Waals surface area contributed by atoms with Crippen LogP contribution >= 0.6 is 12.6 Å². The van der Waals surface area contributed by atoms with Crippen molar-refractivity contribution in [1.82, 2.24) is 0 Å². The summed E-state index contributed by atoms with van der Waals surface area (Å²) in [6.45, 7) is 5.56. The SMILES string of the molecule is Sc1c2cccc1COCCOCCOCCOCCOC2. The first-order chi connectivity index (χ1) is 10.9. The fourth-order valence-electron chi connectivity index (χ4n) is 2.02. The number of rotatable bonds is 0. The van der Waals surface area contributed by atoms with E-state index in [2.05, 4.69) is 12.6 Å². The maximum absolute atomic E-state index is 5.62. The lowest BCUT2D eigenvalue weighted by Gasteiger charge is -2.13. The van der Waals surface area contributed by atoms with Gasteiger partial charge in [-0.1, -0.05) is 18.2 Å². The lowest BCUT2D eigenvalue weighted by atomic mass is 10.1. The van der Waals surface area contributed by atoms with Crippen LogP contribution in [0, 0.1) is 0 Å². The van der Waals surface area contributed by atoms with E-state index in [9.17, 15) is 0 Å². The zero-order valence-corrected chi connectivity index (χ0v) is 13.7. The Morgan fingerprint density at radius 3 is 1.36 bits per heavy atom. The minimum Gasteiger partial charge on any atom is -0.377 e. The zero-order chi connectivity index (χ0) is 15.5. The molecule has 0 amide bonds. The zero-order valence-electron chi connectivity index (χ0n) is 12.8. The van der Waals surface area contributed by atoms with E-state index >= 15 is 0 Å². The fourth-order valence-corrected chi connectivity index (χ4v) is 2.30. The van der Waals surface area contributed by atoms with Crippen molar-refractivity contribution in [1.29, 1.82) is 0 Å². The number of hydrogen-bond donors (Lipinski definition) is 1. The Balaban J connectivity index is 1.86. The lowest BCUT2D eigenvalue weighted by molar-refractivity contribution is -0.0148. The molecule has 0 aromatic heterocycles. The van der Waals surface area contributed by atoms with Gasteiger partial charge in [-0.05, 0) is 11.1 Å². The van der Waals surface area contributed by atoms with E-state index in [1.807, 2.05) is 18.2 Å². The summed E-state index contributed by atoms with van der Waals surface area (Å²) in [5, 5.41) is 0. The van der Waals surface area contributed by atoms with Crippen molar-refractivity contribution in [3.8, 4) is 0 Å². The maximum atomic E-state index is 5.62. The van der Waals surface area contributed by atoms with E-state index in [1.54, 1.807) is 0 Å². The van der Waals surface area contributed by atoms with Gasteiger partial charge in [0.1, 0.15) is 0 Å². The molecule has 0 unspecified atom stereocenters. The fraction of sp³-hybridized carbons (Fsp3) is 0.625. The van der Waals surface area contributed by atoms with Gasteiger partial charge in [0.2, 0.25) is 0 Å². The first kappa shape index (κ1) is 17.7. The third-order valence-electron chi connectivity index (χ3n) is 3.21. The summed E-state index contributed by atoms with van der Waals surface area (Å²) in [6.07, 6.45) is 0. The van der Waals surface area contributed by atoms with Gasteiger partial charge in [0.15, 0.2) is 0 Å². The summed E-state index contributed by atoms with van der Waals surface area (Å²) in [4.78, 5) is 0.929. The predicted octanol–water partition coefficient (Wildman–Crippen LogP) is 2.07. The molecule has 0 saturated carbocycles. The van der Waals surface area contributed by atoms with E-state index in [0.717, 1.165) is 16.0 Å². The van der Waals surface area contributed by atoms with Gasteiger partial charge in [0, 0.05) is 4.90 Å². The second-order valence-corrected chi connectivity index (χ2v) is 5.31. The molecular formula is C16H24O5S. The quantitative estimate of drug-likeness (QED) is 0.739. The van der Waals surface area contributed by atoms with Crippen molar-refractivity contribution in [3.63, 3.8) is 0 Å². The average Bonchev–Trinajstić information content (AvgIpc) is 2.53. The Hall–Kier alpha value is -0.630. The summed E-state index contributed by atoms with van der Waals surface area (Å²) in [5.74, 6) is 0. The van der Waals surface area contributed by atoms with Gasteiger partial charge in [-0.25, -0.2) is 0 Å². The molecule has 0 saturated heterocycles. The molecule has 0 fully saturated rings. The second kappa shape index (κ2) is 11.0. The van der Waals surface area contributed by atoms with Crippen LogP contribution in [0.15, 0.2) is 23.1 Å². The number of benzene rings is 1.